The van der Waals surface area contributed by atoms with Crippen molar-refractivity contribution in [3.8, 4) is 9.88 Å². The number of rotatable bonds is 4. The Morgan fingerprint density at radius 1 is 1.43 bits per heavy atom. The topological polar surface area (TPSA) is 53.4 Å². The molecule has 0 saturated carbocycles. The first-order valence-electron chi connectivity index (χ1n) is 7.16. The molecule has 1 unspecified atom stereocenters. The van der Waals surface area contributed by atoms with Crippen molar-refractivity contribution in [3.05, 3.63) is 28.6 Å². The Morgan fingerprint density at radius 3 is 3.10 bits per heavy atom. The molecule has 1 atom stereocenters. The Balaban J connectivity index is 1.67. The molecule has 1 amide bonds. The van der Waals surface area contributed by atoms with Crippen molar-refractivity contribution in [2.24, 2.45) is 0 Å². The van der Waals surface area contributed by atoms with Crippen molar-refractivity contribution >= 4 is 28.6 Å². The molecule has 4 nitrogen and oxygen atoms in total. The van der Waals surface area contributed by atoms with Gasteiger partial charge in [-0.05, 0) is 30.7 Å². The van der Waals surface area contributed by atoms with Crippen LogP contribution in [-0.4, -0.2) is 40.1 Å². The van der Waals surface area contributed by atoms with E-state index in [-0.39, 0.29) is 18.6 Å². The lowest BCUT2D eigenvalue weighted by Gasteiger charge is -2.34. The molecular formula is C15H18N2O2S2. The predicted octanol–water partition coefficient (Wildman–Crippen LogP) is 2.79. The molecule has 0 bridgehead atoms. The summed E-state index contributed by atoms with van der Waals surface area (Å²) < 4.78 is 0. The van der Waals surface area contributed by atoms with Gasteiger partial charge in [0.05, 0.1) is 29.6 Å². The maximum Gasteiger partial charge on any atom is 0.228 e. The maximum absolute atomic E-state index is 12.4. The van der Waals surface area contributed by atoms with Gasteiger partial charge < -0.3 is 10.0 Å². The van der Waals surface area contributed by atoms with E-state index in [4.69, 9.17) is 0 Å². The Kier molecular flexibility index (Phi) is 4.67. The minimum Gasteiger partial charge on any atom is -0.394 e. The number of hydrogen-bond donors (Lipinski definition) is 1. The molecule has 1 aliphatic rings. The van der Waals surface area contributed by atoms with Gasteiger partial charge in [-0.2, -0.15) is 0 Å². The molecule has 0 spiro atoms. The maximum atomic E-state index is 12.4. The van der Waals surface area contributed by atoms with Crippen LogP contribution in [0.25, 0.3) is 9.88 Å². The van der Waals surface area contributed by atoms with E-state index in [0.717, 1.165) is 41.4 Å². The molecule has 21 heavy (non-hydrogen) atoms. The highest BCUT2D eigenvalue weighted by atomic mass is 32.1. The number of thiazole rings is 1. The summed E-state index contributed by atoms with van der Waals surface area (Å²) in [4.78, 5) is 19.9. The molecular weight excluding hydrogens is 304 g/mol. The summed E-state index contributed by atoms with van der Waals surface area (Å²) in [5, 5.41) is 14.4. The lowest BCUT2D eigenvalue weighted by Crippen LogP contribution is -2.46. The number of piperidine rings is 1. The van der Waals surface area contributed by atoms with Crippen LogP contribution >= 0.6 is 22.7 Å². The summed E-state index contributed by atoms with van der Waals surface area (Å²) in [6, 6.07) is 4.04. The minimum absolute atomic E-state index is 0.0124. The first-order chi connectivity index (χ1) is 10.3. The second kappa shape index (κ2) is 6.68. The molecule has 112 valence electrons. The van der Waals surface area contributed by atoms with Crippen molar-refractivity contribution in [1.29, 1.82) is 0 Å². The molecule has 1 saturated heterocycles. The van der Waals surface area contributed by atoms with Gasteiger partial charge >= 0.3 is 0 Å². The summed E-state index contributed by atoms with van der Waals surface area (Å²) in [5.74, 6) is 0.0804. The Hall–Kier alpha value is -1.24. The fourth-order valence-electron chi connectivity index (χ4n) is 2.68. The van der Waals surface area contributed by atoms with E-state index in [1.807, 2.05) is 27.8 Å². The van der Waals surface area contributed by atoms with Crippen molar-refractivity contribution in [2.75, 3.05) is 13.2 Å². The third-order valence-electron chi connectivity index (χ3n) is 3.77. The normalized spacial score (nSPS) is 18.9. The van der Waals surface area contributed by atoms with Crippen LogP contribution in [0.3, 0.4) is 0 Å². The number of hydrogen-bond acceptors (Lipinski definition) is 5. The summed E-state index contributed by atoms with van der Waals surface area (Å²) >= 11 is 3.24. The number of likely N-dealkylation sites (tertiary alicyclic amines) is 1. The number of carbonyl (C=O) groups excluding carboxylic acids is 1. The van der Waals surface area contributed by atoms with E-state index in [1.54, 1.807) is 22.7 Å². The number of amides is 1. The quantitative estimate of drug-likeness (QED) is 0.942. The molecule has 0 radical (unpaired) electrons. The van der Waals surface area contributed by atoms with Crippen LogP contribution < -0.4 is 0 Å². The highest BCUT2D eigenvalue weighted by Crippen LogP contribution is 2.28. The monoisotopic (exact) mass is 322 g/mol. The van der Waals surface area contributed by atoms with Gasteiger partial charge in [0.2, 0.25) is 5.91 Å². The number of aliphatic hydroxyl groups is 1. The Labute approximate surface area is 132 Å². The number of thiophene rings is 1. The van der Waals surface area contributed by atoms with Crippen LogP contribution in [0.2, 0.25) is 0 Å². The van der Waals surface area contributed by atoms with Crippen LogP contribution in [0.4, 0.5) is 0 Å². The van der Waals surface area contributed by atoms with Crippen LogP contribution in [0.15, 0.2) is 22.9 Å². The predicted molar refractivity (Wildman–Crippen MR) is 85.6 cm³/mol. The first kappa shape index (κ1) is 14.7. The Morgan fingerprint density at radius 2 is 2.33 bits per heavy atom. The number of aromatic nitrogens is 1. The zero-order valence-corrected chi connectivity index (χ0v) is 13.3. The van der Waals surface area contributed by atoms with Gasteiger partial charge in [0.1, 0.15) is 5.01 Å². The van der Waals surface area contributed by atoms with E-state index in [2.05, 4.69) is 4.98 Å². The number of carbonyl (C=O) groups is 1. The lowest BCUT2D eigenvalue weighted by molar-refractivity contribution is -0.135. The molecule has 2 aromatic rings. The van der Waals surface area contributed by atoms with Crippen LogP contribution in [-0.2, 0) is 11.2 Å². The van der Waals surface area contributed by atoms with Gasteiger partial charge in [0.25, 0.3) is 0 Å². The summed E-state index contributed by atoms with van der Waals surface area (Å²) in [7, 11) is 0. The number of nitrogens with zero attached hydrogens (tertiary/aromatic N) is 2. The molecule has 3 heterocycles. The standard InChI is InChI=1S/C15H18N2O2S2/c18-9-12-4-1-2-6-17(12)14(19)8-11-10-21-15(16-11)13-5-3-7-20-13/h3,5,7,10,12,18H,1-2,4,6,8-9H2. The van der Waals surface area contributed by atoms with Gasteiger partial charge in [-0.3, -0.25) is 4.79 Å². The van der Waals surface area contributed by atoms with Gasteiger partial charge in [-0.25, -0.2) is 4.98 Å². The van der Waals surface area contributed by atoms with E-state index in [9.17, 15) is 9.90 Å². The first-order valence-corrected chi connectivity index (χ1v) is 8.92. The largest absolute Gasteiger partial charge is 0.394 e. The van der Waals surface area contributed by atoms with Crippen LogP contribution in [0.1, 0.15) is 25.0 Å². The molecule has 6 heteroatoms. The van der Waals surface area contributed by atoms with E-state index < -0.39 is 0 Å². The molecule has 1 N–H and O–H groups in total. The van der Waals surface area contributed by atoms with Gasteiger partial charge in [-0.1, -0.05) is 6.07 Å². The summed E-state index contributed by atoms with van der Waals surface area (Å²) in [5.41, 5.74) is 0.829. The highest BCUT2D eigenvalue weighted by molar-refractivity contribution is 7.20. The molecule has 3 rings (SSSR count). The number of aliphatic hydroxyl groups excluding tert-OH is 1. The highest BCUT2D eigenvalue weighted by Gasteiger charge is 2.26. The third-order valence-corrected chi connectivity index (χ3v) is 5.70. The van der Waals surface area contributed by atoms with Gasteiger partial charge in [-0.15, -0.1) is 22.7 Å². The average Bonchev–Trinajstić information content (AvgIpc) is 3.17. The second-order valence-corrected chi connectivity index (χ2v) is 7.02. The second-order valence-electron chi connectivity index (χ2n) is 5.22. The third kappa shape index (κ3) is 3.33. The van der Waals surface area contributed by atoms with Crippen molar-refractivity contribution in [3.63, 3.8) is 0 Å². The fourth-order valence-corrected chi connectivity index (χ4v) is 4.31. The zero-order valence-electron chi connectivity index (χ0n) is 11.7. The van der Waals surface area contributed by atoms with E-state index >= 15 is 0 Å². The van der Waals surface area contributed by atoms with Gasteiger partial charge in [0, 0.05) is 11.9 Å². The zero-order chi connectivity index (χ0) is 14.7. The van der Waals surface area contributed by atoms with Gasteiger partial charge in [0.15, 0.2) is 0 Å². The smallest absolute Gasteiger partial charge is 0.228 e. The average molecular weight is 322 g/mol. The molecule has 0 aliphatic carbocycles. The summed E-state index contributed by atoms with van der Waals surface area (Å²) in [6.07, 6.45) is 3.35. The van der Waals surface area contributed by atoms with Crippen molar-refractivity contribution < 1.29 is 9.90 Å². The molecule has 2 aromatic heterocycles. The van der Waals surface area contributed by atoms with Crippen molar-refractivity contribution in [1.82, 2.24) is 9.88 Å². The summed E-state index contributed by atoms with van der Waals surface area (Å²) in [6.45, 7) is 0.815. The molecule has 1 fully saturated rings. The lowest BCUT2D eigenvalue weighted by atomic mass is 10.0. The minimum atomic E-state index is -0.0124. The SMILES string of the molecule is O=C(Cc1csc(-c2cccs2)n1)N1CCCCC1CO. The Bertz CT molecular complexity index is 595. The molecule has 1 aliphatic heterocycles. The van der Waals surface area contributed by atoms with E-state index in [0.29, 0.717) is 6.42 Å². The fraction of sp³-hybridized carbons (Fsp3) is 0.467. The van der Waals surface area contributed by atoms with E-state index in [1.165, 1.54) is 0 Å². The van der Waals surface area contributed by atoms with Crippen molar-refractivity contribution in [2.45, 2.75) is 31.7 Å². The van der Waals surface area contributed by atoms with Crippen LogP contribution in [0.5, 0.6) is 0 Å². The van der Waals surface area contributed by atoms with Crippen LogP contribution in [0, 0.1) is 0 Å². The molecule has 0 aromatic carbocycles.